The van der Waals surface area contributed by atoms with E-state index in [-0.39, 0.29) is 33.8 Å². The van der Waals surface area contributed by atoms with Crippen LogP contribution in [0.5, 0.6) is 11.5 Å². The van der Waals surface area contributed by atoms with Crippen LogP contribution in [0.2, 0.25) is 0 Å². The lowest BCUT2D eigenvalue weighted by Crippen LogP contribution is -2.29. The standard InChI is InChI=1S/C17H20N2O5S/c1-3-25(21,22)12-9-13(16-15(10-12)23-7-8-24-16)17(20)19-11(2)14-5-4-6-18-14/h4-6,9-11,18H,3,7-8H2,1-2H3,(H,19,20). The summed E-state index contributed by atoms with van der Waals surface area (Å²) in [6.07, 6.45) is 1.77. The van der Waals surface area contributed by atoms with Crippen LogP contribution < -0.4 is 14.8 Å². The highest BCUT2D eigenvalue weighted by atomic mass is 32.2. The van der Waals surface area contributed by atoms with Crippen LogP contribution >= 0.6 is 0 Å². The van der Waals surface area contributed by atoms with Crippen molar-refractivity contribution < 1.29 is 22.7 Å². The Labute approximate surface area is 146 Å². The van der Waals surface area contributed by atoms with Gasteiger partial charge in [0.2, 0.25) is 0 Å². The quantitative estimate of drug-likeness (QED) is 0.846. The summed E-state index contributed by atoms with van der Waals surface area (Å²) in [5.41, 5.74) is 0.999. The van der Waals surface area contributed by atoms with E-state index in [1.807, 2.05) is 19.1 Å². The average Bonchev–Trinajstić information content (AvgIpc) is 3.15. The molecule has 2 aromatic rings. The highest BCUT2D eigenvalue weighted by Gasteiger charge is 2.26. The van der Waals surface area contributed by atoms with Crippen LogP contribution in [-0.4, -0.2) is 38.3 Å². The maximum absolute atomic E-state index is 12.7. The van der Waals surface area contributed by atoms with Gasteiger partial charge in [-0.25, -0.2) is 8.42 Å². The molecule has 0 bridgehead atoms. The summed E-state index contributed by atoms with van der Waals surface area (Å²) in [5, 5.41) is 2.84. The van der Waals surface area contributed by atoms with E-state index < -0.39 is 15.7 Å². The summed E-state index contributed by atoms with van der Waals surface area (Å²) in [5.74, 6) is 0.0694. The van der Waals surface area contributed by atoms with E-state index in [0.29, 0.717) is 13.2 Å². The SMILES string of the molecule is CCS(=O)(=O)c1cc2c(c(C(=O)NC(C)c3ccc[nH]3)c1)OCCO2. The molecule has 1 atom stereocenters. The number of carbonyl (C=O) groups is 1. The molecule has 1 aromatic carbocycles. The van der Waals surface area contributed by atoms with Crippen LogP contribution in [0.4, 0.5) is 0 Å². The van der Waals surface area contributed by atoms with Crippen LogP contribution in [0.1, 0.15) is 35.9 Å². The van der Waals surface area contributed by atoms with E-state index in [9.17, 15) is 13.2 Å². The van der Waals surface area contributed by atoms with Gasteiger partial charge in [0.25, 0.3) is 5.91 Å². The molecule has 134 valence electrons. The van der Waals surface area contributed by atoms with Gasteiger partial charge in [-0.05, 0) is 25.1 Å². The van der Waals surface area contributed by atoms with Crippen molar-refractivity contribution in [1.82, 2.24) is 10.3 Å². The van der Waals surface area contributed by atoms with Crippen LogP contribution in [0, 0.1) is 0 Å². The molecular weight excluding hydrogens is 344 g/mol. The van der Waals surface area contributed by atoms with Crippen molar-refractivity contribution in [2.45, 2.75) is 24.8 Å². The third kappa shape index (κ3) is 3.48. The largest absolute Gasteiger partial charge is 0.486 e. The third-order valence-corrected chi connectivity index (χ3v) is 5.75. The number of hydrogen-bond acceptors (Lipinski definition) is 5. The Morgan fingerprint density at radius 3 is 2.76 bits per heavy atom. The first-order valence-electron chi connectivity index (χ1n) is 8.03. The van der Waals surface area contributed by atoms with E-state index in [2.05, 4.69) is 10.3 Å². The Balaban J connectivity index is 1.98. The minimum Gasteiger partial charge on any atom is -0.486 e. The van der Waals surface area contributed by atoms with Gasteiger partial charge in [-0.2, -0.15) is 0 Å². The average molecular weight is 364 g/mol. The molecule has 2 N–H and O–H groups in total. The first kappa shape index (κ1) is 17.3. The fourth-order valence-electron chi connectivity index (χ4n) is 2.61. The minimum absolute atomic E-state index is 0.0527. The predicted octanol–water partition coefficient (Wildman–Crippen LogP) is 2.07. The molecule has 0 fully saturated rings. The fourth-order valence-corrected chi connectivity index (χ4v) is 3.53. The second-order valence-electron chi connectivity index (χ2n) is 5.72. The highest BCUT2D eigenvalue weighted by Crippen LogP contribution is 2.37. The summed E-state index contributed by atoms with van der Waals surface area (Å²) in [6, 6.07) is 6.19. The van der Waals surface area contributed by atoms with Crippen LogP contribution in [0.15, 0.2) is 35.4 Å². The number of benzene rings is 1. The molecule has 25 heavy (non-hydrogen) atoms. The highest BCUT2D eigenvalue weighted by molar-refractivity contribution is 7.91. The van der Waals surface area contributed by atoms with Crippen LogP contribution in [0.3, 0.4) is 0 Å². The Morgan fingerprint density at radius 2 is 2.08 bits per heavy atom. The Hall–Kier alpha value is -2.48. The van der Waals surface area contributed by atoms with Crippen molar-refractivity contribution in [3.63, 3.8) is 0 Å². The zero-order valence-corrected chi connectivity index (χ0v) is 14.9. The number of fused-ring (bicyclic) bond motifs is 1. The smallest absolute Gasteiger partial charge is 0.255 e. The van der Waals surface area contributed by atoms with Gasteiger partial charge >= 0.3 is 0 Å². The second kappa shape index (κ2) is 6.79. The van der Waals surface area contributed by atoms with E-state index in [1.54, 1.807) is 13.1 Å². The minimum atomic E-state index is -3.48. The number of hydrogen-bond donors (Lipinski definition) is 2. The normalized spacial score (nSPS) is 14.8. The molecule has 1 aromatic heterocycles. The molecular formula is C17H20N2O5S. The lowest BCUT2D eigenvalue weighted by molar-refractivity contribution is 0.0927. The number of ether oxygens (including phenoxy) is 2. The predicted molar refractivity (Wildman–Crippen MR) is 91.8 cm³/mol. The summed E-state index contributed by atoms with van der Waals surface area (Å²) < 4.78 is 35.5. The Kier molecular flexibility index (Phi) is 4.71. The van der Waals surface area contributed by atoms with E-state index in [0.717, 1.165) is 5.69 Å². The van der Waals surface area contributed by atoms with Gasteiger partial charge < -0.3 is 19.8 Å². The van der Waals surface area contributed by atoms with Gasteiger partial charge in [0.15, 0.2) is 21.3 Å². The number of aromatic amines is 1. The van der Waals surface area contributed by atoms with Gasteiger partial charge in [-0.1, -0.05) is 6.92 Å². The van der Waals surface area contributed by atoms with Crippen LogP contribution in [-0.2, 0) is 9.84 Å². The molecule has 7 nitrogen and oxygen atoms in total. The van der Waals surface area contributed by atoms with Gasteiger partial charge in [0, 0.05) is 18.0 Å². The molecule has 0 saturated heterocycles. The van der Waals surface area contributed by atoms with Crippen molar-refractivity contribution in [1.29, 1.82) is 0 Å². The monoisotopic (exact) mass is 364 g/mol. The first-order chi connectivity index (χ1) is 11.9. The Bertz CT molecular complexity index is 875. The number of aromatic nitrogens is 1. The Morgan fingerprint density at radius 1 is 1.32 bits per heavy atom. The van der Waals surface area contributed by atoms with E-state index >= 15 is 0 Å². The van der Waals surface area contributed by atoms with Crippen molar-refractivity contribution in [2.75, 3.05) is 19.0 Å². The van der Waals surface area contributed by atoms with Gasteiger partial charge in [-0.3, -0.25) is 4.79 Å². The van der Waals surface area contributed by atoms with Crippen molar-refractivity contribution in [3.8, 4) is 11.5 Å². The number of nitrogens with one attached hydrogen (secondary N) is 2. The molecule has 1 unspecified atom stereocenters. The van der Waals surface area contributed by atoms with Gasteiger partial charge in [0.05, 0.1) is 22.3 Å². The lowest BCUT2D eigenvalue weighted by Gasteiger charge is -2.22. The number of H-pyrrole nitrogens is 1. The number of carbonyl (C=O) groups excluding carboxylic acids is 1. The van der Waals surface area contributed by atoms with Crippen molar-refractivity contribution >= 4 is 15.7 Å². The molecule has 2 heterocycles. The molecule has 0 aliphatic carbocycles. The van der Waals surface area contributed by atoms with Crippen molar-refractivity contribution in [3.05, 3.63) is 41.7 Å². The number of rotatable bonds is 5. The molecule has 3 rings (SSSR count). The topological polar surface area (TPSA) is 97.5 Å². The first-order valence-corrected chi connectivity index (χ1v) is 9.68. The summed E-state index contributed by atoms with van der Waals surface area (Å²) in [7, 11) is -3.48. The van der Waals surface area contributed by atoms with Gasteiger partial charge in [-0.15, -0.1) is 0 Å². The number of amides is 1. The van der Waals surface area contributed by atoms with Gasteiger partial charge in [0.1, 0.15) is 13.2 Å². The second-order valence-corrected chi connectivity index (χ2v) is 8.00. The molecule has 0 saturated carbocycles. The zero-order chi connectivity index (χ0) is 18.0. The van der Waals surface area contributed by atoms with Crippen LogP contribution in [0.25, 0.3) is 0 Å². The van der Waals surface area contributed by atoms with Crippen molar-refractivity contribution in [2.24, 2.45) is 0 Å². The third-order valence-electron chi connectivity index (χ3n) is 4.04. The molecule has 8 heteroatoms. The van der Waals surface area contributed by atoms with E-state index in [4.69, 9.17) is 9.47 Å². The number of sulfone groups is 1. The molecule has 1 aliphatic rings. The lowest BCUT2D eigenvalue weighted by atomic mass is 10.1. The molecule has 1 amide bonds. The molecule has 0 radical (unpaired) electrons. The maximum Gasteiger partial charge on any atom is 0.255 e. The summed E-state index contributed by atoms with van der Waals surface area (Å²) >= 11 is 0. The molecule has 1 aliphatic heterocycles. The fraction of sp³-hybridized carbons (Fsp3) is 0.353. The summed E-state index contributed by atoms with van der Waals surface area (Å²) in [4.78, 5) is 15.8. The zero-order valence-electron chi connectivity index (χ0n) is 14.0. The maximum atomic E-state index is 12.7. The molecule has 0 spiro atoms. The summed E-state index contributed by atoms with van der Waals surface area (Å²) in [6.45, 7) is 4.00. The van der Waals surface area contributed by atoms with E-state index in [1.165, 1.54) is 12.1 Å².